The van der Waals surface area contributed by atoms with E-state index in [0.29, 0.717) is 29.8 Å². The molecule has 1 heterocycles. The third-order valence-electron chi connectivity index (χ3n) is 1.49. The van der Waals surface area contributed by atoms with Crippen molar-refractivity contribution < 1.29 is 0 Å². The van der Waals surface area contributed by atoms with Crippen molar-refractivity contribution in [3.05, 3.63) is 16.5 Å². The van der Waals surface area contributed by atoms with Crippen LogP contribution in [0, 0.1) is 6.92 Å². The molecule has 0 aliphatic rings. The van der Waals surface area contributed by atoms with Crippen LogP contribution in [0.25, 0.3) is 0 Å². The van der Waals surface area contributed by atoms with Gasteiger partial charge in [-0.2, -0.15) is 0 Å². The maximum absolute atomic E-state index is 5.83. The first-order chi connectivity index (χ1) is 5.65. The molecule has 66 valence electrons. The Morgan fingerprint density at radius 3 is 2.58 bits per heavy atom. The fraction of sp³-hybridized carbons (Fsp3) is 0.429. The van der Waals surface area contributed by atoms with Crippen molar-refractivity contribution in [3.8, 4) is 0 Å². The molecule has 4 N–H and O–H groups in total. The van der Waals surface area contributed by atoms with Crippen molar-refractivity contribution >= 4 is 17.4 Å². The Kier molecular flexibility index (Phi) is 2.83. The number of rotatable bonds is 2. The summed E-state index contributed by atoms with van der Waals surface area (Å²) in [5.74, 6) is 1.01. The Bertz CT molecular complexity index is 264. The van der Waals surface area contributed by atoms with Gasteiger partial charge in [0.05, 0.1) is 0 Å². The van der Waals surface area contributed by atoms with Gasteiger partial charge in [-0.15, -0.1) is 0 Å². The molecule has 1 aromatic rings. The number of nitrogens with two attached hydrogens (primary N) is 2. The minimum atomic E-state index is 0.408. The van der Waals surface area contributed by atoms with Gasteiger partial charge in [0.25, 0.3) is 0 Å². The predicted octanol–water partition coefficient (Wildman–Crippen LogP) is 0.522. The predicted molar refractivity (Wildman–Crippen MR) is 48.9 cm³/mol. The zero-order valence-electron chi connectivity index (χ0n) is 6.84. The van der Waals surface area contributed by atoms with E-state index in [4.69, 9.17) is 23.1 Å². The molecule has 12 heavy (non-hydrogen) atoms. The van der Waals surface area contributed by atoms with Crippen LogP contribution in [0.3, 0.4) is 0 Å². The number of hydrogen-bond donors (Lipinski definition) is 2. The van der Waals surface area contributed by atoms with Gasteiger partial charge in [0.15, 0.2) is 0 Å². The minimum absolute atomic E-state index is 0.408. The maximum atomic E-state index is 5.83. The van der Waals surface area contributed by atoms with Crippen LogP contribution < -0.4 is 11.5 Å². The third-order valence-corrected chi connectivity index (χ3v) is 1.81. The van der Waals surface area contributed by atoms with Crippen molar-refractivity contribution in [3.63, 3.8) is 0 Å². The van der Waals surface area contributed by atoms with Crippen molar-refractivity contribution in [2.45, 2.75) is 13.3 Å². The van der Waals surface area contributed by atoms with E-state index < -0.39 is 0 Å². The number of hydrogen-bond acceptors (Lipinski definition) is 4. The van der Waals surface area contributed by atoms with Gasteiger partial charge >= 0.3 is 0 Å². The summed E-state index contributed by atoms with van der Waals surface area (Å²) < 4.78 is 0. The minimum Gasteiger partial charge on any atom is -0.383 e. The second-order valence-electron chi connectivity index (χ2n) is 2.46. The van der Waals surface area contributed by atoms with Gasteiger partial charge in [-0.25, -0.2) is 9.97 Å². The largest absolute Gasteiger partial charge is 0.383 e. The topological polar surface area (TPSA) is 77.8 Å². The standard InChI is InChI=1S/C7H11ClN4/c1-4-11-6(8)5(2-3-9)7(10)12-4/h2-3,9H2,1H3,(H2,10,11,12). The highest BCUT2D eigenvalue weighted by molar-refractivity contribution is 6.30. The Hall–Kier alpha value is -0.870. The van der Waals surface area contributed by atoms with Crippen molar-refractivity contribution in [2.24, 2.45) is 5.73 Å². The maximum Gasteiger partial charge on any atom is 0.138 e. The molecule has 5 heteroatoms. The van der Waals surface area contributed by atoms with Gasteiger partial charge in [-0.1, -0.05) is 11.6 Å². The Morgan fingerprint density at radius 1 is 1.42 bits per heavy atom. The lowest BCUT2D eigenvalue weighted by molar-refractivity contribution is 0.931. The molecule has 0 amide bonds. The van der Waals surface area contributed by atoms with Crippen LogP contribution in [0.2, 0.25) is 5.15 Å². The number of aromatic nitrogens is 2. The van der Waals surface area contributed by atoms with Crippen LogP contribution >= 0.6 is 11.6 Å². The first-order valence-corrected chi connectivity index (χ1v) is 4.01. The second kappa shape index (κ2) is 3.69. The van der Waals surface area contributed by atoms with E-state index in [1.165, 1.54) is 0 Å². The molecule has 0 aromatic carbocycles. The van der Waals surface area contributed by atoms with Crippen molar-refractivity contribution in [1.29, 1.82) is 0 Å². The SMILES string of the molecule is Cc1nc(N)c(CCN)c(Cl)n1. The van der Waals surface area contributed by atoms with E-state index in [9.17, 15) is 0 Å². The summed E-state index contributed by atoms with van der Waals surface area (Å²) in [6.45, 7) is 2.24. The Morgan fingerprint density at radius 2 is 2.08 bits per heavy atom. The number of nitrogens with zero attached hydrogens (tertiary/aromatic N) is 2. The average Bonchev–Trinajstić information content (AvgIpc) is 1.96. The molecule has 0 atom stereocenters. The van der Waals surface area contributed by atoms with Gasteiger partial charge in [0.2, 0.25) is 0 Å². The summed E-state index contributed by atoms with van der Waals surface area (Å²) in [6.07, 6.45) is 0.616. The van der Waals surface area contributed by atoms with Crippen LogP contribution in [0.1, 0.15) is 11.4 Å². The molecule has 1 aromatic heterocycles. The number of nitrogen functional groups attached to an aromatic ring is 1. The van der Waals surface area contributed by atoms with E-state index in [-0.39, 0.29) is 0 Å². The normalized spacial score (nSPS) is 10.2. The Balaban J connectivity index is 3.10. The van der Waals surface area contributed by atoms with Crippen molar-refractivity contribution in [1.82, 2.24) is 9.97 Å². The van der Waals surface area contributed by atoms with Gasteiger partial charge in [-0.05, 0) is 19.9 Å². The number of halogens is 1. The fourth-order valence-electron chi connectivity index (χ4n) is 0.958. The summed E-state index contributed by atoms with van der Waals surface area (Å²) in [4.78, 5) is 7.95. The zero-order valence-corrected chi connectivity index (χ0v) is 7.60. The molecule has 0 aliphatic heterocycles. The smallest absolute Gasteiger partial charge is 0.138 e. The van der Waals surface area contributed by atoms with Gasteiger partial charge in [0, 0.05) is 5.56 Å². The van der Waals surface area contributed by atoms with Gasteiger partial charge in [-0.3, -0.25) is 0 Å². The summed E-state index contributed by atoms with van der Waals surface area (Å²) in [6, 6.07) is 0. The van der Waals surface area contributed by atoms with E-state index in [0.717, 1.165) is 5.56 Å². The second-order valence-corrected chi connectivity index (χ2v) is 2.82. The molecule has 0 fully saturated rings. The van der Waals surface area contributed by atoms with Crippen LogP contribution in [-0.4, -0.2) is 16.5 Å². The third kappa shape index (κ3) is 1.84. The molecular weight excluding hydrogens is 176 g/mol. The highest BCUT2D eigenvalue weighted by atomic mass is 35.5. The van der Waals surface area contributed by atoms with E-state index in [2.05, 4.69) is 9.97 Å². The van der Waals surface area contributed by atoms with E-state index >= 15 is 0 Å². The van der Waals surface area contributed by atoms with Crippen molar-refractivity contribution in [2.75, 3.05) is 12.3 Å². The quantitative estimate of drug-likeness (QED) is 0.661. The Labute approximate surface area is 75.9 Å². The average molecular weight is 187 g/mol. The monoisotopic (exact) mass is 186 g/mol. The highest BCUT2D eigenvalue weighted by Crippen LogP contribution is 2.18. The molecule has 4 nitrogen and oxygen atoms in total. The lowest BCUT2D eigenvalue weighted by atomic mass is 10.2. The first kappa shape index (κ1) is 9.22. The fourth-order valence-corrected chi connectivity index (χ4v) is 1.27. The molecule has 0 aliphatic carbocycles. The molecule has 0 spiro atoms. The lowest BCUT2D eigenvalue weighted by Gasteiger charge is -2.05. The molecule has 0 saturated carbocycles. The van der Waals surface area contributed by atoms with Crippen LogP contribution in [-0.2, 0) is 6.42 Å². The molecule has 1 rings (SSSR count). The number of aryl methyl sites for hydroxylation is 1. The molecule has 0 bridgehead atoms. The van der Waals surface area contributed by atoms with E-state index in [1.54, 1.807) is 6.92 Å². The van der Waals surface area contributed by atoms with E-state index in [1.807, 2.05) is 0 Å². The summed E-state index contributed by atoms with van der Waals surface area (Å²) in [5.41, 5.74) is 11.7. The molecular formula is C7H11ClN4. The van der Waals surface area contributed by atoms with Crippen LogP contribution in [0.15, 0.2) is 0 Å². The number of anilines is 1. The molecule has 0 saturated heterocycles. The first-order valence-electron chi connectivity index (χ1n) is 3.63. The summed E-state index contributed by atoms with van der Waals surface area (Å²) >= 11 is 5.83. The van der Waals surface area contributed by atoms with Gasteiger partial charge < -0.3 is 11.5 Å². The highest BCUT2D eigenvalue weighted by Gasteiger charge is 2.07. The zero-order chi connectivity index (χ0) is 9.14. The molecule has 0 unspecified atom stereocenters. The van der Waals surface area contributed by atoms with Crippen LogP contribution in [0.4, 0.5) is 5.82 Å². The molecule has 0 radical (unpaired) electrons. The van der Waals surface area contributed by atoms with Gasteiger partial charge in [0.1, 0.15) is 16.8 Å². The summed E-state index contributed by atoms with van der Waals surface area (Å²) in [7, 11) is 0. The summed E-state index contributed by atoms with van der Waals surface area (Å²) in [5, 5.41) is 0.408. The van der Waals surface area contributed by atoms with Crippen LogP contribution in [0.5, 0.6) is 0 Å². The lowest BCUT2D eigenvalue weighted by Crippen LogP contribution is -2.09.